The van der Waals surface area contributed by atoms with Gasteiger partial charge in [-0.15, -0.1) is 0 Å². The number of hydrogen-bond donors (Lipinski definition) is 2. The minimum Gasteiger partial charge on any atom is -0.454 e. The number of ether oxygens (including phenoxy) is 1. The zero-order valence-corrected chi connectivity index (χ0v) is 14.9. The summed E-state index contributed by atoms with van der Waals surface area (Å²) in [4.78, 5) is 11.0. The van der Waals surface area contributed by atoms with Crippen LogP contribution in [-0.2, 0) is 6.54 Å². The lowest BCUT2D eigenvalue weighted by molar-refractivity contribution is 0.1000. The molecule has 0 saturated carbocycles. The number of rotatable bonds is 7. The van der Waals surface area contributed by atoms with E-state index in [0.29, 0.717) is 11.2 Å². The Morgan fingerprint density at radius 3 is 2.40 bits per heavy atom. The molecule has 0 aliphatic rings. The van der Waals surface area contributed by atoms with E-state index in [9.17, 15) is 9.18 Å². The maximum absolute atomic E-state index is 13.9. The Balaban J connectivity index is 1.91. The molecule has 2 aromatic carbocycles. The van der Waals surface area contributed by atoms with Gasteiger partial charge in [-0.3, -0.25) is 4.79 Å². The smallest absolute Gasteiger partial charge is 0.248 e. The van der Waals surface area contributed by atoms with Crippen LogP contribution < -0.4 is 15.8 Å². The average molecular weight is 344 g/mol. The Labute approximate surface area is 148 Å². The van der Waals surface area contributed by atoms with Crippen LogP contribution in [0.2, 0.25) is 0 Å². The molecule has 134 valence electrons. The normalized spacial score (nSPS) is 11.4. The topological polar surface area (TPSA) is 64.3 Å². The molecule has 0 heterocycles. The van der Waals surface area contributed by atoms with Crippen molar-refractivity contribution in [3.63, 3.8) is 0 Å². The van der Waals surface area contributed by atoms with Crippen LogP contribution in [-0.4, -0.2) is 12.5 Å². The number of nitrogens with two attached hydrogens (primary N) is 1. The minimum atomic E-state index is -0.672. The van der Waals surface area contributed by atoms with Gasteiger partial charge in [-0.05, 0) is 54.3 Å². The van der Waals surface area contributed by atoms with Crippen LogP contribution in [0, 0.1) is 11.2 Å². The van der Waals surface area contributed by atoms with E-state index in [0.717, 1.165) is 31.1 Å². The Hall–Kier alpha value is -2.40. The van der Waals surface area contributed by atoms with E-state index < -0.39 is 11.7 Å². The molecular weight excluding hydrogens is 319 g/mol. The summed E-state index contributed by atoms with van der Waals surface area (Å²) in [5, 5.41) is 3.41. The second-order valence-corrected chi connectivity index (χ2v) is 7.24. The van der Waals surface area contributed by atoms with Gasteiger partial charge in [0.25, 0.3) is 0 Å². The van der Waals surface area contributed by atoms with Crippen molar-refractivity contribution < 1.29 is 13.9 Å². The number of primary amides is 1. The molecule has 0 aliphatic heterocycles. The molecule has 3 N–H and O–H groups in total. The molecule has 0 spiro atoms. The van der Waals surface area contributed by atoms with Crippen LogP contribution >= 0.6 is 0 Å². The van der Waals surface area contributed by atoms with Crippen LogP contribution in [0.5, 0.6) is 11.5 Å². The lowest BCUT2D eigenvalue weighted by Gasteiger charge is -2.18. The molecule has 4 nitrogen and oxygen atoms in total. The highest BCUT2D eigenvalue weighted by molar-refractivity contribution is 5.92. The quantitative estimate of drug-likeness (QED) is 0.738. The molecule has 0 atom stereocenters. The van der Waals surface area contributed by atoms with Crippen LogP contribution in [0.15, 0.2) is 42.5 Å². The fraction of sp³-hybridized carbons (Fsp3) is 0.350. The van der Waals surface area contributed by atoms with Crippen LogP contribution in [0.4, 0.5) is 4.39 Å². The van der Waals surface area contributed by atoms with Crippen LogP contribution in [0.1, 0.15) is 43.1 Å². The molecule has 0 aliphatic carbocycles. The Bertz CT molecular complexity index is 721. The van der Waals surface area contributed by atoms with E-state index in [1.165, 1.54) is 12.1 Å². The average Bonchev–Trinajstić information content (AvgIpc) is 2.54. The lowest BCUT2D eigenvalue weighted by Crippen LogP contribution is -2.20. The first-order valence-electron chi connectivity index (χ1n) is 8.31. The molecule has 0 bridgehead atoms. The first kappa shape index (κ1) is 18.9. The fourth-order valence-electron chi connectivity index (χ4n) is 2.24. The zero-order valence-electron chi connectivity index (χ0n) is 14.9. The molecular formula is C20H25FN2O2. The SMILES string of the molecule is CC(C)(C)CCNCc1ccc(Oc2ccc(C(N)=O)cc2F)cc1. The number of nitrogens with one attached hydrogen (secondary N) is 1. The van der Waals surface area contributed by atoms with Gasteiger partial charge >= 0.3 is 0 Å². The maximum Gasteiger partial charge on any atom is 0.248 e. The van der Waals surface area contributed by atoms with Gasteiger partial charge in [-0.1, -0.05) is 32.9 Å². The van der Waals surface area contributed by atoms with Gasteiger partial charge in [-0.25, -0.2) is 4.39 Å². The Morgan fingerprint density at radius 2 is 1.84 bits per heavy atom. The third-order valence-corrected chi connectivity index (χ3v) is 3.75. The fourth-order valence-corrected chi connectivity index (χ4v) is 2.24. The summed E-state index contributed by atoms with van der Waals surface area (Å²) in [7, 11) is 0. The minimum absolute atomic E-state index is 0.0565. The molecule has 5 heteroatoms. The summed E-state index contributed by atoms with van der Waals surface area (Å²) in [6.45, 7) is 8.39. The number of amides is 1. The largest absolute Gasteiger partial charge is 0.454 e. The summed E-state index contributed by atoms with van der Waals surface area (Å²) in [5.41, 5.74) is 6.68. The molecule has 2 aromatic rings. The monoisotopic (exact) mass is 344 g/mol. The van der Waals surface area contributed by atoms with Crippen molar-refractivity contribution >= 4 is 5.91 Å². The third kappa shape index (κ3) is 6.19. The van der Waals surface area contributed by atoms with Gasteiger partial charge in [0.05, 0.1) is 0 Å². The number of benzene rings is 2. The van der Waals surface area contributed by atoms with Gasteiger partial charge < -0.3 is 15.8 Å². The molecule has 0 radical (unpaired) electrons. The molecule has 0 fully saturated rings. The number of hydrogen-bond acceptors (Lipinski definition) is 3. The number of carbonyl (C=O) groups excluding carboxylic acids is 1. The van der Waals surface area contributed by atoms with Crippen LogP contribution in [0.3, 0.4) is 0 Å². The third-order valence-electron chi connectivity index (χ3n) is 3.75. The van der Waals surface area contributed by atoms with Crippen molar-refractivity contribution in [3.05, 3.63) is 59.4 Å². The summed E-state index contributed by atoms with van der Waals surface area (Å²) in [5.74, 6) is -0.705. The molecule has 0 aromatic heterocycles. The Morgan fingerprint density at radius 1 is 1.16 bits per heavy atom. The van der Waals surface area contributed by atoms with Crippen molar-refractivity contribution in [2.24, 2.45) is 11.1 Å². The van der Waals surface area contributed by atoms with E-state index in [-0.39, 0.29) is 11.3 Å². The molecule has 0 unspecified atom stereocenters. The van der Waals surface area contributed by atoms with E-state index in [1.807, 2.05) is 12.1 Å². The first-order valence-corrected chi connectivity index (χ1v) is 8.31. The lowest BCUT2D eigenvalue weighted by atomic mass is 9.92. The maximum atomic E-state index is 13.9. The van der Waals surface area contributed by atoms with E-state index >= 15 is 0 Å². The summed E-state index contributed by atoms with van der Waals surface area (Å²) in [6.07, 6.45) is 1.11. The second kappa shape index (κ2) is 8.12. The highest BCUT2D eigenvalue weighted by atomic mass is 19.1. The summed E-state index contributed by atoms with van der Waals surface area (Å²) < 4.78 is 19.5. The van der Waals surface area contributed by atoms with Gasteiger partial charge in [0, 0.05) is 12.1 Å². The zero-order chi connectivity index (χ0) is 18.4. The predicted octanol–water partition coefficient (Wildman–Crippen LogP) is 4.24. The molecule has 2 rings (SSSR count). The Kier molecular flexibility index (Phi) is 6.15. The van der Waals surface area contributed by atoms with E-state index in [1.54, 1.807) is 12.1 Å². The van der Waals surface area contributed by atoms with E-state index in [4.69, 9.17) is 10.5 Å². The van der Waals surface area contributed by atoms with E-state index in [2.05, 4.69) is 26.1 Å². The predicted molar refractivity (Wildman–Crippen MR) is 97.2 cm³/mol. The van der Waals surface area contributed by atoms with Crippen molar-refractivity contribution in [2.75, 3.05) is 6.54 Å². The van der Waals surface area contributed by atoms with Gasteiger partial charge in [0.2, 0.25) is 5.91 Å². The van der Waals surface area contributed by atoms with Crippen molar-refractivity contribution in [1.29, 1.82) is 0 Å². The van der Waals surface area contributed by atoms with Crippen molar-refractivity contribution in [2.45, 2.75) is 33.7 Å². The highest BCUT2D eigenvalue weighted by Crippen LogP contribution is 2.25. The van der Waals surface area contributed by atoms with Crippen molar-refractivity contribution in [3.8, 4) is 11.5 Å². The molecule has 25 heavy (non-hydrogen) atoms. The van der Waals surface area contributed by atoms with Gasteiger partial charge in [0.1, 0.15) is 5.75 Å². The number of carbonyl (C=O) groups is 1. The van der Waals surface area contributed by atoms with Gasteiger partial charge in [-0.2, -0.15) is 0 Å². The van der Waals surface area contributed by atoms with Gasteiger partial charge in [0.15, 0.2) is 11.6 Å². The molecule has 0 saturated heterocycles. The summed E-state index contributed by atoms with van der Waals surface area (Å²) in [6, 6.07) is 11.4. The number of halogens is 1. The molecule has 1 amide bonds. The summed E-state index contributed by atoms with van der Waals surface area (Å²) >= 11 is 0. The first-order chi connectivity index (χ1) is 11.7. The standard InChI is InChI=1S/C20H25FN2O2/c1-20(2,3)10-11-23-13-14-4-7-16(8-5-14)25-18-9-6-15(19(22)24)12-17(18)21/h4-9,12,23H,10-11,13H2,1-3H3,(H2,22,24). The van der Waals surface area contributed by atoms with Crippen molar-refractivity contribution in [1.82, 2.24) is 5.32 Å². The highest BCUT2D eigenvalue weighted by Gasteiger charge is 2.10. The second-order valence-electron chi connectivity index (χ2n) is 7.24. The van der Waals surface area contributed by atoms with Crippen LogP contribution in [0.25, 0.3) is 0 Å².